The van der Waals surface area contributed by atoms with Gasteiger partial charge in [0.2, 0.25) is 23.5 Å². The average Bonchev–Trinajstić information content (AvgIpc) is 3.73. The number of carbonyl (C=O) groups is 6. The first-order valence-electron chi connectivity index (χ1n) is 17.2. The molecule has 13 nitrogen and oxygen atoms in total. The van der Waals surface area contributed by atoms with Crippen LogP contribution in [0.3, 0.4) is 0 Å². The summed E-state index contributed by atoms with van der Waals surface area (Å²) in [4.78, 5) is 81.8. The number of nitrogens with two attached hydrogens (primary N) is 1. The summed E-state index contributed by atoms with van der Waals surface area (Å²) >= 11 is 0. The van der Waals surface area contributed by atoms with Crippen molar-refractivity contribution in [1.82, 2.24) is 25.8 Å². The average molecular weight is 682 g/mol. The Hall–Kier alpha value is -4.29. The number of amidine groups is 1. The maximum absolute atomic E-state index is 14.3. The second kappa shape index (κ2) is 16.4. The second-order valence-corrected chi connectivity index (χ2v) is 15.3. The van der Waals surface area contributed by atoms with Crippen LogP contribution in [0.15, 0.2) is 30.3 Å². The van der Waals surface area contributed by atoms with Gasteiger partial charge in [0, 0.05) is 13.6 Å². The Morgan fingerprint density at radius 2 is 1.57 bits per heavy atom. The number of likely N-dealkylation sites (N-methyl/N-ethyl adjacent to an activating group) is 1. The summed E-state index contributed by atoms with van der Waals surface area (Å²) in [5, 5.41) is 17.1. The molecular weight excluding hydrogens is 626 g/mol. The number of ketones is 1. The number of hydrogen-bond acceptors (Lipinski definition) is 7. The Kier molecular flexibility index (Phi) is 13.1. The third kappa shape index (κ3) is 10.4. The number of nitrogens with one attached hydrogen (secondary N) is 4. The highest BCUT2D eigenvalue weighted by Gasteiger charge is 2.48. The van der Waals surface area contributed by atoms with Crippen LogP contribution in [0, 0.1) is 34.5 Å². The van der Waals surface area contributed by atoms with Crippen molar-refractivity contribution in [1.29, 1.82) is 5.41 Å². The second-order valence-electron chi connectivity index (χ2n) is 15.3. The van der Waals surface area contributed by atoms with E-state index in [0.29, 0.717) is 12.8 Å². The zero-order chi connectivity index (χ0) is 36.8. The van der Waals surface area contributed by atoms with E-state index in [1.807, 2.05) is 58.0 Å². The zero-order valence-electron chi connectivity index (χ0n) is 30.2. The normalized spacial score (nSPS) is 19.5. The number of amides is 6. The van der Waals surface area contributed by atoms with Gasteiger partial charge in [-0.25, -0.2) is 4.79 Å². The smallest absolute Gasteiger partial charge is 0.316 e. The van der Waals surface area contributed by atoms with Crippen molar-refractivity contribution >= 4 is 41.3 Å². The Bertz CT molecular complexity index is 1400. The number of likely N-dealkylation sites (tertiary alicyclic amines) is 1. The summed E-state index contributed by atoms with van der Waals surface area (Å²) in [7, 11) is 1.50. The van der Waals surface area contributed by atoms with Crippen molar-refractivity contribution in [3.05, 3.63) is 35.9 Å². The first kappa shape index (κ1) is 39.2. The van der Waals surface area contributed by atoms with Gasteiger partial charge in [0.15, 0.2) is 0 Å². The van der Waals surface area contributed by atoms with E-state index >= 15 is 0 Å². The highest BCUT2D eigenvalue weighted by atomic mass is 16.2. The number of benzene rings is 1. The molecular formula is C36H55N7O6. The molecule has 13 heteroatoms. The predicted molar refractivity (Wildman–Crippen MR) is 186 cm³/mol. The lowest BCUT2D eigenvalue weighted by molar-refractivity contribution is -0.144. The van der Waals surface area contributed by atoms with E-state index in [0.717, 1.165) is 18.4 Å². The molecule has 0 bridgehead atoms. The molecule has 1 saturated heterocycles. The summed E-state index contributed by atoms with van der Waals surface area (Å²) in [5.74, 6) is -3.61. The molecule has 3 rings (SSSR count). The number of Topliss-reactive ketones (excluding diaryl/α,β-unsaturated/α-hetero) is 1. The van der Waals surface area contributed by atoms with Gasteiger partial charge < -0.3 is 31.5 Å². The molecule has 1 unspecified atom stereocenters. The van der Waals surface area contributed by atoms with E-state index in [4.69, 9.17) is 11.1 Å². The van der Waals surface area contributed by atoms with Crippen molar-refractivity contribution in [3.8, 4) is 0 Å². The SMILES string of the molecule is CC(C)[C@H](NC(=O)N[C@H](C(=O)N1CC[C@H](C(C)C)[C@H]1C(=O)NC(CC1CC1)C(=O)C(N)=O)C(C)(C)C)C(=N)N(C)C(=O)Cc1ccccc1. The number of primary amides is 1. The molecule has 5 atom stereocenters. The van der Waals surface area contributed by atoms with Crippen LogP contribution < -0.4 is 21.7 Å². The fraction of sp³-hybridized carbons (Fsp3) is 0.639. The Morgan fingerprint density at radius 3 is 2.08 bits per heavy atom. The zero-order valence-corrected chi connectivity index (χ0v) is 30.2. The summed E-state index contributed by atoms with van der Waals surface area (Å²) in [5.41, 5.74) is 5.31. The summed E-state index contributed by atoms with van der Waals surface area (Å²) < 4.78 is 0. The minimum absolute atomic E-state index is 0.0195. The molecule has 2 aliphatic rings. The van der Waals surface area contributed by atoms with E-state index in [1.54, 1.807) is 20.8 Å². The first-order chi connectivity index (χ1) is 22.8. The summed E-state index contributed by atoms with van der Waals surface area (Å²) in [6, 6.07) is 4.58. The van der Waals surface area contributed by atoms with Crippen LogP contribution in [0.2, 0.25) is 0 Å². The predicted octanol–water partition coefficient (Wildman–Crippen LogP) is 2.62. The minimum Gasteiger partial charge on any atom is -0.363 e. The highest BCUT2D eigenvalue weighted by molar-refractivity contribution is 6.37. The lowest BCUT2D eigenvalue weighted by atomic mass is 9.84. The van der Waals surface area contributed by atoms with Crippen LogP contribution >= 0.6 is 0 Å². The largest absolute Gasteiger partial charge is 0.363 e. The van der Waals surface area contributed by atoms with Crippen molar-refractivity contribution in [2.75, 3.05) is 13.6 Å². The Morgan fingerprint density at radius 1 is 0.959 bits per heavy atom. The van der Waals surface area contributed by atoms with Crippen molar-refractivity contribution in [3.63, 3.8) is 0 Å². The number of hydrogen-bond donors (Lipinski definition) is 5. The molecule has 0 spiro atoms. The molecule has 6 N–H and O–H groups in total. The number of nitrogens with zero attached hydrogens (tertiary/aromatic N) is 2. The molecule has 2 fully saturated rings. The van der Waals surface area contributed by atoms with E-state index in [2.05, 4.69) is 16.0 Å². The lowest BCUT2D eigenvalue weighted by Crippen LogP contribution is -2.62. The number of carbonyl (C=O) groups excluding carboxylic acids is 6. The van der Waals surface area contributed by atoms with Gasteiger partial charge in [0.05, 0.1) is 18.5 Å². The maximum Gasteiger partial charge on any atom is 0.316 e. The molecule has 6 amide bonds. The van der Waals surface area contributed by atoms with Crippen LogP contribution in [0.5, 0.6) is 0 Å². The van der Waals surface area contributed by atoms with Crippen molar-refractivity contribution in [2.24, 2.45) is 34.8 Å². The van der Waals surface area contributed by atoms with Gasteiger partial charge in [-0.05, 0) is 47.5 Å². The first-order valence-corrected chi connectivity index (χ1v) is 17.2. The van der Waals surface area contributed by atoms with Gasteiger partial charge >= 0.3 is 6.03 Å². The molecule has 1 aliphatic carbocycles. The Balaban J connectivity index is 1.79. The molecule has 0 aromatic heterocycles. The highest BCUT2D eigenvalue weighted by Crippen LogP contribution is 2.35. The van der Waals surface area contributed by atoms with Crippen molar-refractivity contribution in [2.45, 2.75) is 105 Å². The van der Waals surface area contributed by atoms with Gasteiger partial charge in [-0.3, -0.25) is 29.4 Å². The minimum atomic E-state index is -1.12. The topological polar surface area (TPSA) is 195 Å². The van der Waals surface area contributed by atoms with Crippen LogP contribution in [0.1, 0.15) is 79.7 Å². The van der Waals surface area contributed by atoms with Gasteiger partial charge in [-0.2, -0.15) is 0 Å². The van der Waals surface area contributed by atoms with E-state index < -0.39 is 59.1 Å². The quantitative estimate of drug-likeness (QED) is 0.114. The number of urea groups is 1. The van der Waals surface area contributed by atoms with Gasteiger partial charge in [-0.15, -0.1) is 0 Å². The van der Waals surface area contributed by atoms with Crippen LogP contribution in [0.25, 0.3) is 0 Å². The molecule has 1 aromatic rings. The Labute approximate surface area is 290 Å². The van der Waals surface area contributed by atoms with Gasteiger partial charge in [0.1, 0.15) is 17.9 Å². The third-order valence-electron chi connectivity index (χ3n) is 9.56. The standard InChI is InChI=1S/C36H55N7O6/c1-20(2)24-16-17-43(28(24)33(47)39-25(18-23-14-15-23)29(45)32(38)46)34(48)30(36(5,6)7)41-35(49)40-27(21(3)4)31(37)42(8)26(44)19-22-12-10-9-11-13-22/h9-13,20-21,23-25,27-28,30,37H,14-19H2,1-8H3,(H2,38,46)(H,39,47)(H2,40,41,49)/t24-,25?,27+,28+,30-/m1/s1. The van der Waals surface area contributed by atoms with Gasteiger partial charge in [-0.1, -0.05) is 91.6 Å². The van der Waals surface area contributed by atoms with E-state index in [9.17, 15) is 28.8 Å². The molecule has 49 heavy (non-hydrogen) atoms. The number of rotatable bonds is 14. The summed E-state index contributed by atoms with van der Waals surface area (Å²) in [6.07, 6.45) is 2.75. The maximum atomic E-state index is 14.3. The fourth-order valence-electron chi connectivity index (χ4n) is 6.36. The van der Waals surface area contributed by atoms with Crippen LogP contribution in [-0.4, -0.2) is 88.8 Å². The van der Waals surface area contributed by atoms with Crippen molar-refractivity contribution < 1.29 is 28.8 Å². The monoisotopic (exact) mass is 681 g/mol. The lowest BCUT2D eigenvalue weighted by Gasteiger charge is -2.37. The van der Waals surface area contributed by atoms with E-state index in [1.165, 1.54) is 16.8 Å². The fourth-order valence-corrected chi connectivity index (χ4v) is 6.36. The molecule has 1 aliphatic heterocycles. The third-order valence-corrected chi connectivity index (χ3v) is 9.56. The molecule has 0 radical (unpaired) electrons. The van der Waals surface area contributed by atoms with Crippen LogP contribution in [0.4, 0.5) is 4.79 Å². The molecule has 1 heterocycles. The molecule has 270 valence electrons. The van der Waals surface area contributed by atoms with E-state index in [-0.39, 0.29) is 48.4 Å². The van der Waals surface area contributed by atoms with Crippen LogP contribution in [-0.2, 0) is 30.4 Å². The molecule has 1 aromatic carbocycles. The summed E-state index contributed by atoms with van der Waals surface area (Å²) in [6.45, 7) is 13.2. The molecule has 1 saturated carbocycles. The van der Waals surface area contributed by atoms with Gasteiger partial charge in [0.25, 0.3) is 5.91 Å².